The van der Waals surface area contributed by atoms with Gasteiger partial charge in [-0.2, -0.15) is 0 Å². The molecule has 0 atom stereocenters. The second kappa shape index (κ2) is 60.6. The van der Waals surface area contributed by atoms with Crippen molar-refractivity contribution in [2.75, 3.05) is 6.54 Å². The molecule has 0 aromatic carbocycles. The Morgan fingerprint density at radius 3 is 1.75 bits per heavy atom. The molecular weight excluding hydrogens is 110 g/mol. The largest absolute Gasteiger partial charge is 1.00 e. The van der Waals surface area contributed by atoms with Crippen LogP contribution in [0.3, 0.4) is 0 Å². The second-order valence-electron chi connectivity index (χ2n) is 0.408. The van der Waals surface area contributed by atoms with Crippen LogP contribution in [0.2, 0.25) is 0 Å². The van der Waals surface area contributed by atoms with Crippen LogP contribution in [0.1, 0.15) is 0 Å². The van der Waals surface area contributed by atoms with Gasteiger partial charge in [-0.05, 0) is 0 Å². The van der Waals surface area contributed by atoms with Crippen LogP contribution in [0.5, 0.6) is 0 Å². The Kier molecular flexibility index (Phi) is 185. The van der Waals surface area contributed by atoms with E-state index in [1.54, 1.807) is 0 Å². The van der Waals surface area contributed by atoms with Gasteiger partial charge in [-0.25, -0.2) is 0 Å². The molecule has 0 aliphatic rings. The zero-order chi connectivity index (χ0) is 5.41. The monoisotopic (exact) mass is 115 g/mol. The van der Waals surface area contributed by atoms with Crippen LogP contribution in [0.25, 0.3) is 0 Å². The summed E-state index contributed by atoms with van der Waals surface area (Å²) in [5.74, 6) is 2.21. The summed E-state index contributed by atoms with van der Waals surface area (Å²) in [4.78, 5) is 0. The van der Waals surface area contributed by atoms with Gasteiger partial charge in [0.1, 0.15) is 0 Å². The van der Waals surface area contributed by atoms with Gasteiger partial charge in [0.25, 0.3) is 0 Å². The van der Waals surface area contributed by atoms with E-state index in [0.29, 0.717) is 6.54 Å². The van der Waals surface area contributed by atoms with Crippen LogP contribution in [0.4, 0.5) is 0 Å². The third kappa shape index (κ3) is 135. The molecule has 0 unspecified atom stereocenters. The second-order valence-corrected chi connectivity index (χ2v) is 0.408. The minimum atomic E-state index is 0. The number of hydrogen-bond donors (Lipinski definition) is 1. The molecular formula is C4H5BN2Na. The van der Waals surface area contributed by atoms with Crippen LogP contribution >= 0.6 is 0 Å². The average molecular weight is 115 g/mol. The summed E-state index contributed by atoms with van der Waals surface area (Å²) in [5, 5.41) is 6.25. The molecule has 8 heavy (non-hydrogen) atoms. The number of nitrogens with zero attached hydrogens (tertiary/aromatic N) is 1. The Hall–Kier alpha value is 0.0749. The van der Waals surface area contributed by atoms with Crippen LogP contribution in [0.15, 0.2) is 0 Å². The van der Waals surface area contributed by atoms with Gasteiger partial charge in [0, 0.05) is 8.41 Å². The summed E-state index contributed by atoms with van der Waals surface area (Å²) in [6.07, 6.45) is 4.65. The van der Waals surface area contributed by atoms with Crippen molar-refractivity contribution in [3.63, 3.8) is 0 Å². The molecule has 0 saturated carbocycles. The van der Waals surface area contributed by atoms with Gasteiger partial charge < -0.3 is 17.6 Å². The Bertz CT molecular complexity index is 66.2. The van der Waals surface area contributed by atoms with Crippen molar-refractivity contribution < 1.29 is 29.6 Å². The molecule has 0 bridgehead atoms. The van der Waals surface area contributed by atoms with Gasteiger partial charge in [0.15, 0.2) is 0 Å². The maximum atomic E-state index is 6.25. The molecule has 0 aliphatic carbocycles. The van der Waals surface area contributed by atoms with Crippen molar-refractivity contribution in [2.45, 2.75) is 0 Å². The summed E-state index contributed by atoms with van der Waals surface area (Å²) in [6, 6.07) is 0. The van der Waals surface area contributed by atoms with Gasteiger partial charge in [0.05, 0.1) is 6.54 Å². The Morgan fingerprint density at radius 1 is 1.62 bits per heavy atom. The molecule has 35 valence electrons. The predicted molar refractivity (Wildman–Crippen MR) is 28.6 cm³/mol. The smallest absolute Gasteiger partial charge is 0.512 e. The molecule has 0 aromatic rings. The molecule has 0 aliphatic heterocycles. The molecule has 0 heterocycles. The van der Waals surface area contributed by atoms with E-state index in [1.165, 1.54) is 0 Å². The van der Waals surface area contributed by atoms with E-state index in [2.05, 4.69) is 12.3 Å². The van der Waals surface area contributed by atoms with Crippen LogP contribution < -0.4 is 35.3 Å². The molecule has 0 amide bonds. The van der Waals surface area contributed by atoms with E-state index >= 15 is 0 Å². The maximum absolute atomic E-state index is 6.25. The van der Waals surface area contributed by atoms with Gasteiger partial charge in [0.2, 0.25) is 0 Å². The first-order chi connectivity index (χ1) is 2.91. The molecule has 0 rings (SSSR count). The number of terminal acetylenes is 1. The third-order valence-electron chi connectivity index (χ3n) is 0.118. The SMILES string of the molecule is C#CCN.[B].[C-]#N.[Na+]. The first-order valence-corrected chi connectivity index (χ1v) is 1.27. The van der Waals surface area contributed by atoms with Crippen molar-refractivity contribution >= 4 is 8.41 Å². The molecule has 4 heteroatoms. The molecule has 0 aromatic heterocycles. The summed E-state index contributed by atoms with van der Waals surface area (Å²) >= 11 is 0. The molecule has 2 nitrogen and oxygen atoms in total. The fourth-order valence-corrected chi connectivity index (χ4v) is 0. The van der Waals surface area contributed by atoms with E-state index < -0.39 is 0 Å². The van der Waals surface area contributed by atoms with Crippen molar-refractivity contribution in [1.82, 2.24) is 0 Å². The zero-order valence-corrected chi connectivity index (χ0v) is 6.89. The Morgan fingerprint density at radius 2 is 1.75 bits per heavy atom. The summed E-state index contributed by atoms with van der Waals surface area (Å²) in [7, 11) is 0. The standard InChI is InChI=1S/C3H5N.CN.B.Na/c1-2-3-4;1-2;;/h1H,3-4H2;;;/q;-1;;+1. The topological polar surface area (TPSA) is 49.8 Å². The molecule has 3 radical (unpaired) electrons. The minimum absolute atomic E-state index is 0. The van der Waals surface area contributed by atoms with Crippen molar-refractivity contribution in [1.29, 1.82) is 5.26 Å². The molecule has 0 fully saturated rings. The van der Waals surface area contributed by atoms with Gasteiger partial charge in [-0.1, -0.05) is 5.92 Å². The molecule has 0 spiro atoms. The Balaban J connectivity index is -0.0000000183. The quantitative estimate of drug-likeness (QED) is 0.200. The van der Waals surface area contributed by atoms with E-state index in [0.717, 1.165) is 0 Å². The van der Waals surface area contributed by atoms with Crippen molar-refractivity contribution in [3.8, 4) is 12.3 Å². The van der Waals surface area contributed by atoms with Crippen LogP contribution in [-0.4, -0.2) is 15.0 Å². The molecule has 2 N–H and O–H groups in total. The fourth-order valence-electron chi connectivity index (χ4n) is 0. The van der Waals surface area contributed by atoms with Crippen molar-refractivity contribution in [2.24, 2.45) is 5.73 Å². The van der Waals surface area contributed by atoms with Crippen LogP contribution in [-0.2, 0) is 0 Å². The summed E-state index contributed by atoms with van der Waals surface area (Å²) < 4.78 is 0. The van der Waals surface area contributed by atoms with Crippen molar-refractivity contribution in [3.05, 3.63) is 6.57 Å². The summed E-state index contributed by atoms with van der Waals surface area (Å²) in [6.45, 7) is 5.10. The van der Waals surface area contributed by atoms with E-state index in [1.807, 2.05) is 0 Å². The number of rotatable bonds is 0. The van der Waals surface area contributed by atoms with E-state index in [9.17, 15) is 0 Å². The first kappa shape index (κ1) is 24.3. The van der Waals surface area contributed by atoms with E-state index in [-0.39, 0.29) is 38.0 Å². The fraction of sp³-hybridized carbons (Fsp3) is 0.250. The number of nitrogens with two attached hydrogens (primary N) is 1. The zero-order valence-electron chi connectivity index (χ0n) is 4.89. The van der Waals surface area contributed by atoms with Gasteiger partial charge in [-0.15, -0.1) is 6.42 Å². The van der Waals surface area contributed by atoms with E-state index in [4.69, 9.17) is 17.6 Å². The third-order valence-corrected chi connectivity index (χ3v) is 0.118. The minimum Gasteiger partial charge on any atom is -0.512 e. The summed E-state index contributed by atoms with van der Waals surface area (Å²) in [5.41, 5.74) is 4.79. The Labute approximate surface area is 74.3 Å². The maximum Gasteiger partial charge on any atom is 1.00 e. The first-order valence-electron chi connectivity index (χ1n) is 1.27. The van der Waals surface area contributed by atoms with Gasteiger partial charge in [-0.3, -0.25) is 0 Å². The normalized spacial score (nSPS) is 2.75. The van der Waals surface area contributed by atoms with Crippen LogP contribution in [0, 0.1) is 24.2 Å². The number of hydrogen-bond acceptors (Lipinski definition) is 2. The molecule has 0 saturated heterocycles. The van der Waals surface area contributed by atoms with Gasteiger partial charge >= 0.3 is 29.6 Å². The average Bonchev–Trinajstić information content (AvgIpc) is 1.72. The predicted octanol–water partition coefficient (Wildman–Crippen LogP) is -3.70.